The highest BCUT2D eigenvalue weighted by molar-refractivity contribution is 9.10. The maximum Gasteiger partial charge on any atom is 0.334 e. The lowest BCUT2D eigenvalue weighted by molar-refractivity contribution is -0.148. The summed E-state index contributed by atoms with van der Waals surface area (Å²) in [4.78, 5) is 18.3. The van der Waals surface area contributed by atoms with Crippen LogP contribution in [0.4, 0.5) is 0 Å². The fourth-order valence-electron chi connectivity index (χ4n) is 3.50. The predicted octanol–water partition coefficient (Wildman–Crippen LogP) is 6.20. The van der Waals surface area contributed by atoms with E-state index in [1.165, 1.54) is 7.11 Å². The number of rotatable bonds is 6. The molecule has 0 amide bonds. The van der Waals surface area contributed by atoms with Crippen LogP contribution >= 0.6 is 15.9 Å². The summed E-state index contributed by atoms with van der Waals surface area (Å²) < 4.78 is 6.25. The van der Waals surface area contributed by atoms with E-state index >= 15 is 0 Å². The van der Waals surface area contributed by atoms with Crippen LogP contribution in [0.3, 0.4) is 0 Å². The number of hydrogen-bond donors (Lipinski definition) is 0. The monoisotopic (exact) mass is 463 g/mol. The first-order valence-electron chi connectivity index (χ1n) is 9.85. The van der Waals surface area contributed by atoms with Crippen LogP contribution in [0, 0.1) is 0 Å². The number of carbonyl (C=O) groups excluding carboxylic acids is 1. The van der Waals surface area contributed by atoms with Crippen LogP contribution in [0.1, 0.15) is 37.5 Å². The molecule has 0 N–H and O–H groups in total. The molecule has 30 heavy (non-hydrogen) atoms. The van der Waals surface area contributed by atoms with Crippen molar-refractivity contribution in [2.45, 2.75) is 31.7 Å². The number of methoxy groups -OCH3 is 1. The lowest BCUT2D eigenvalue weighted by Crippen LogP contribution is -2.51. The van der Waals surface area contributed by atoms with Crippen LogP contribution < -0.4 is 0 Å². The van der Waals surface area contributed by atoms with Gasteiger partial charge < -0.3 is 4.74 Å². The van der Waals surface area contributed by atoms with Crippen molar-refractivity contribution < 1.29 is 9.53 Å². The van der Waals surface area contributed by atoms with Crippen molar-refractivity contribution in [1.82, 2.24) is 0 Å². The Hall–Kier alpha value is -2.72. The molecule has 4 heteroatoms. The van der Waals surface area contributed by atoms with E-state index in [2.05, 4.69) is 15.9 Å². The molecule has 0 aliphatic carbocycles. The van der Waals surface area contributed by atoms with Gasteiger partial charge in [0.25, 0.3) is 0 Å². The van der Waals surface area contributed by atoms with Crippen molar-refractivity contribution >= 4 is 27.6 Å². The van der Waals surface area contributed by atoms with Gasteiger partial charge in [-0.15, -0.1) is 0 Å². The van der Waals surface area contributed by atoms with E-state index in [4.69, 9.17) is 9.73 Å². The fourth-order valence-corrected chi connectivity index (χ4v) is 3.76. The van der Waals surface area contributed by atoms with Crippen molar-refractivity contribution in [3.8, 4) is 0 Å². The summed E-state index contributed by atoms with van der Waals surface area (Å²) in [6.45, 7) is 5.92. The molecule has 1 atom stereocenters. The van der Waals surface area contributed by atoms with Crippen LogP contribution in [0.15, 0.2) is 94.4 Å². The van der Waals surface area contributed by atoms with Crippen molar-refractivity contribution in [2.75, 3.05) is 7.11 Å². The average molecular weight is 464 g/mol. The molecule has 0 spiro atoms. The quantitative estimate of drug-likeness (QED) is 0.322. The number of halogens is 1. The number of ether oxygens (including phenoxy) is 1. The second-order valence-electron chi connectivity index (χ2n) is 7.89. The van der Waals surface area contributed by atoms with E-state index in [1.54, 1.807) is 0 Å². The Morgan fingerprint density at radius 1 is 0.800 bits per heavy atom. The molecule has 3 nitrogen and oxygen atoms in total. The maximum atomic E-state index is 13.2. The van der Waals surface area contributed by atoms with Gasteiger partial charge in [-0.3, -0.25) is 4.99 Å². The highest BCUT2D eigenvalue weighted by atomic mass is 79.9. The molecular formula is C26H26BrNO2. The molecule has 154 valence electrons. The Kier molecular flexibility index (Phi) is 6.57. The van der Waals surface area contributed by atoms with Gasteiger partial charge in [0.1, 0.15) is 0 Å². The van der Waals surface area contributed by atoms with Gasteiger partial charge in [-0.25, -0.2) is 4.79 Å². The molecule has 3 rings (SSSR count). The summed E-state index contributed by atoms with van der Waals surface area (Å²) in [6.07, 6.45) is 0. The number of nitrogens with zero attached hydrogens (tertiary/aromatic N) is 1. The van der Waals surface area contributed by atoms with E-state index in [9.17, 15) is 4.79 Å². The van der Waals surface area contributed by atoms with Crippen LogP contribution in [-0.2, 0) is 14.9 Å². The summed E-state index contributed by atoms with van der Waals surface area (Å²) in [6, 6.07) is 27.9. The van der Waals surface area contributed by atoms with E-state index < -0.39 is 11.0 Å². The highest BCUT2D eigenvalue weighted by Gasteiger charge is 2.50. The van der Waals surface area contributed by atoms with Gasteiger partial charge in [-0.2, -0.15) is 0 Å². The first-order chi connectivity index (χ1) is 14.3. The molecule has 0 radical (unpaired) electrons. The van der Waals surface area contributed by atoms with Crippen LogP contribution in [-0.4, -0.2) is 24.3 Å². The topological polar surface area (TPSA) is 38.7 Å². The summed E-state index contributed by atoms with van der Waals surface area (Å²) in [5, 5.41) is 0. The molecule has 0 heterocycles. The zero-order valence-electron chi connectivity index (χ0n) is 17.7. The number of hydrogen-bond acceptors (Lipinski definition) is 3. The second kappa shape index (κ2) is 8.97. The molecule has 0 bridgehead atoms. The van der Waals surface area contributed by atoms with Crippen molar-refractivity contribution in [2.24, 2.45) is 4.99 Å². The van der Waals surface area contributed by atoms with E-state index in [0.29, 0.717) is 0 Å². The van der Waals surface area contributed by atoms with Crippen LogP contribution in [0.2, 0.25) is 0 Å². The first kappa shape index (κ1) is 22.0. The van der Waals surface area contributed by atoms with Crippen LogP contribution in [0.25, 0.3) is 0 Å². The maximum absolute atomic E-state index is 13.2. The van der Waals surface area contributed by atoms with Gasteiger partial charge in [0.05, 0.1) is 12.8 Å². The number of carbonyl (C=O) groups is 1. The third kappa shape index (κ3) is 4.24. The average Bonchev–Trinajstić information content (AvgIpc) is 2.78. The van der Waals surface area contributed by atoms with Crippen LogP contribution in [0.5, 0.6) is 0 Å². The second-order valence-corrected chi connectivity index (χ2v) is 8.80. The summed E-state index contributed by atoms with van der Waals surface area (Å²) in [5.74, 6) is -0.375. The smallest absolute Gasteiger partial charge is 0.334 e. The van der Waals surface area contributed by atoms with Gasteiger partial charge in [-0.05, 0) is 24.6 Å². The minimum atomic E-state index is -1.16. The normalized spacial score (nSPS) is 13.2. The van der Waals surface area contributed by atoms with Crippen molar-refractivity contribution in [3.63, 3.8) is 0 Å². The van der Waals surface area contributed by atoms with Gasteiger partial charge in [0.15, 0.2) is 5.54 Å². The Balaban J connectivity index is 2.25. The minimum absolute atomic E-state index is 0.375. The Labute approximate surface area is 187 Å². The van der Waals surface area contributed by atoms with E-state index in [1.807, 2.05) is 106 Å². The Bertz CT molecular complexity index is 986. The lowest BCUT2D eigenvalue weighted by Gasteiger charge is -2.40. The number of benzene rings is 3. The zero-order chi connectivity index (χ0) is 21.8. The molecule has 0 fully saturated rings. The Morgan fingerprint density at radius 2 is 1.27 bits per heavy atom. The van der Waals surface area contributed by atoms with Gasteiger partial charge in [0, 0.05) is 21.0 Å². The summed E-state index contributed by atoms with van der Waals surface area (Å²) in [5.41, 5.74) is 1.87. The zero-order valence-corrected chi connectivity index (χ0v) is 19.3. The molecule has 0 aliphatic rings. The molecule has 1 unspecified atom stereocenters. The fraction of sp³-hybridized carbons (Fsp3) is 0.231. The van der Waals surface area contributed by atoms with E-state index in [-0.39, 0.29) is 5.97 Å². The summed E-state index contributed by atoms with van der Waals surface area (Å²) in [7, 11) is 1.42. The van der Waals surface area contributed by atoms with Gasteiger partial charge in [0.2, 0.25) is 0 Å². The third-order valence-corrected chi connectivity index (χ3v) is 6.32. The number of aliphatic imine (C=N–C) groups is 1. The molecular weight excluding hydrogens is 438 g/mol. The number of esters is 1. The highest BCUT2D eigenvalue weighted by Crippen LogP contribution is 2.40. The summed E-state index contributed by atoms with van der Waals surface area (Å²) >= 11 is 3.49. The SMILES string of the molecule is COC(=O)C(C)(N=C(c1ccccc1)c1ccccc1)C(C)(C)c1ccc(Br)cc1. The van der Waals surface area contributed by atoms with Crippen molar-refractivity contribution in [1.29, 1.82) is 0 Å². The molecule has 0 saturated carbocycles. The molecule has 3 aromatic carbocycles. The minimum Gasteiger partial charge on any atom is -0.467 e. The lowest BCUT2D eigenvalue weighted by atomic mass is 9.68. The first-order valence-corrected chi connectivity index (χ1v) is 10.6. The van der Waals surface area contributed by atoms with E-state index in [0.717, 1.165) is 26.9 Å². The van der Waals surface area contributed by atoms with Crippen molar-refractivity contribution in [3.05, 3.63) is 106 Å². The third-order valence-electron chi connectivity index (χ3n) is 5.80. The van der Waals surface area contributed by atoms with Gasteiger partial charge >= 0.3 is 5.97 Å². The molecule has 0 aliphatic heterocycles. The Morgan fingerprint density at radius 3 is 1.70 bits per heavy atom. The molecule has 0 saturated heterocycles. The molecule has 0 aromatic heterocycles. The standard InChI is InChI=1S/C26H26BrNO2/c1-25(2,21-15-17-22(27)18-16-21)26(3,24(29)30-4)28-23(19-11-7-5-8-12-19)20-13-9-6-10-14-20/h5-18H,1-4H3. The largest absolute Gasteiger partial charge is 0.467 e. The van der Waals surface area contributed by atoms with Gasteiger partial charge in [-0.1, -0.05) is 103 Å². The predicted molar refractivity (Wildman–Crippen MR) is 126 cm³/mol. The molecule has 3 aromatic rings.